The van der Waals surface area contributed by atoms with Crippen LogP contribution in [0.1, 0.15) is 11.6 Å². The van der Waals surface area contributed by atoms with Gasteiger partial charge in [0.15, 0.2) is 6.04 Å². The van der Waals surface area contributed by atoms with Crippen molar-refractivity contribution in [1.82, 2.24) is 0 Å². The summed E-state index contributed by atoms with van der Waals surface area (Å²) >= 11 is 9.28. The predicted molar refractivity (Wildman–Crippen MR) is 79.6 cm³/mol. The highest BCUT2D eigenvalue weighted by molar-refractivity contribution is 9.10. The van der Waals surface area contributed by atoms with Gasteiger partial charge in [-0.25, -0.2) is 4.79 Å². The van der Waals surface area contributed by atoms with E-state index in [1.165, 1.54) is 0 Å². The average Bonchev–Trinajstić information content (AvgIpc) is 2.40. The van der Waals surface area contributed by atoms with Crippen LogP contribution in [-0.4, -0.2) is 11.1 Å². The molecule has 0 aromatic heterocycles. The Hall–Kier alpha value is -1.52. The number of rotatable bonds is 4. The third-order valence-corrected chi connectivity index (χ3v) is 3.84. The van der Waals surface area contributed by atoms with E-state index in [2.05, 4.69) is 21.2 Å². The number of carboxylic acid groups (broad SMARTS) is 1. The van der Waals surface area contributed by atoms with Crippen LogP contribution in [0.5, 0.6) is 0 Å². The van der Waals surface area contributed by atoms with Gasteiger partial charge in [0.1, 0.15) is 0 Å². The van der Waals surface area contributed by atoms with Crippen LogP contribution in [0.2, 0.25) is 5.02 Å². The van der Waals surface area contributed by atoms with Gasteiger partial charge in [0.2, 0.25) is 0 Å². The van der Waals surface area contributed by atoms with Gasteiger partial charge in [-0.3, -0.25) is 0 Å². The molecule has 0 aliphatic carbocycles. The molecule has 1 unspecified atom stereocenters. The Kier molecular flexibility index (Phi) is 4.45. The molecule has 0 aliphatic rings. The summed E-state index contributed by atoms with van der Waals surface area (Å²) in [5.74, 6) is -0.956. The molecule has 5 heteroatoms. The quantitative estimate of drug-likeness (QED) is 0.870. The van der Waals surface area contributed by atoms with Gasteiger partial charge in [-0.05, 0) is 45.8 Å². The third kappa shape index (κ3) is 3.49. The molecule has 98 valence electrons. The van der Waals surface area contributed by atoms with Crippen molar-refractivity contribution in [2.45, 2.75) is 6.04 Å². The van der Waals surface area contributed by atoms with Gasteiger partial charge in [-0.2, -0.15) is 0 Å². The second kappa shape index (κ2) is 6.08. The van der Waals surface area contributed by atoms with E-state index < -0.39 is 12.0 Å². The van der Waals surface area contributed by atoms with Crippen molar-refractivity contribution in [2.75, 3.05) is 5.32 Å². The summed E-state index contributed by atoms with van der Waals surface area (Å²) in [4.78, 5) is 11.4. The molecule has 2 aromatic carbocycles. The number of carboxylic acids is 1. The highest BCUT2D eigenvalue weighted by Crippen LogP contribution is 2.28. The molecule has 0 saturated carbocycles. The number of hydrogen-bond acceptors (Lipinski definition) is 2. The number of para-hydroxylation sites is 1. The van der Waals surface area contributed by atoms with Gasteiger partial charge in [0.25, 0.3) is 0 Å². The molecule has 1 atom stereocenters. The lowest BCUT2D eigenvalue weighted by molar-refractivity contribution is -0.138. The first-order valence-corrected chi connectivity index (χ1v) is 6.74. The topological polar surface area (TPSA) is 49.3 Å². The second-order valence-corrected chi connectivity index (χ2v) is 5.22. The van der Waals surface area contributed by atoms with Crippen molar-refractivity contribution in [3.05, 3.63) is 63.6 Å². The van der Waals surface area contributed by atoms with Gasteiger partial charge in [-0.15, -0.1) is 0 Å². The molecule has 3 nitrogen and oxygen atoms in total. The van der Waals surface area contributed by atoms with Crippen molar-refractivity contribution < 1.29 is 9.90 Å². The Bertz CT molecular complexity index is 589. The van der Waals surface area contributed by atoms with Gasteiger partial charge in [0.05, 0.1) is 5.02 Å². The number of hydrogen-bond donors (Lipinski definition) is 2. The molecule has 2 aromatic rings. The van der Waals surface area contributed by atoms with Crippen LogP contribution in [0.4, 0.5) is 5.69 Å². The fraction of sp³-hybridized carbons (Fsp3) is 0.0714. The third-order valence-electron chi connectivity index (χ3n) is 2.61. The average molecular weight is 341 g/mol. The summed E-state index contributed by atoms with van der Waals surface area (Å²) in [6.07, 6.45) is 0. The highest BCUT2D eigenvalue weighted by Gasteiger charge is 2.20. The molecule has 0 spiro atoms. The molecule has 0 fully saturated rings. The number of carbonyl (C=O) groups is 1. The minimum absolute atomic E-state index is 0.485. The van der Waals surface area contributed by atoms with Crippen molar-refractivity contribution >= 4 is 39.2 Å². The highest BCUT2D eigenvalue weighted by atomic mass is 79.9. The van der Waals surface area contributed by atoms with Crippen molar-refractivity contribution in [1.29, 1.82) is 0 Å². The standard InChI is InChI=1S/C14H11BrClNO2/c15-11-7-6-9(8-12(11)16)13(14(18)19)17-10-4-2-1-3-5-10/h1-8,13,17H,(H,18,19). The maximum absolute atomic E-state index is 11.4. The Balaban J connectivity index is 2.30. The number of benzene rings is 2. The molecule has 0 heterocycles. The minimum Gasteiger partial charge on any atom is -0.479 e. The Labute approximate surface area is 124 Å². The zero-order valence-corrected chi connectivity index (χ0v) is 12.1. The predicted octanol–water partition coefficient (Wildman–Crippen LogP) is 4.34. The Morgan fingerprint density at radius 1 is 1.21 bits per heavy atom. The summed E-state index contributed by atoms with van der Waals surface area (Å²) in [6, 6.07) is 13.5. The van der Waals surface area contributed by atoms with Crippen LogP contribution < -0.4 is 5.32 Å². The molecule has 0 aliphatic heterocycles. The maximum Gasteiger partial charge on any atom is 0.330 e. The smallest absolute Gasteiger partial charge is 0.330 e. The molecular weight excluding hydrogens is 330 g/mol. The first kappa shape index (κ1) is 13.9. The summed E-state index contributed by atoms with van der Waals surface area (Å²) in [5.41, 5.74) is 1.35. The summed E-state index contributed by atoms with van der Waals surface area (Å²) in [6.45, 7) is 0. The van der Waals surface area contributed by atoms with Crippen molar-refractivity contribution in [3.63, 3.8) is 0 Å². The largest absolute Gasteiger partial charge is 0.479 e. The molecule has 2 rings (SSSR count). The summed E-state index contributed by atoms with van der Waals surface area (Å²) in [5, 5.41) is 12.8. The van der Waals surface area contributed by atoms with Crippen LogP contribution in [0.25, 0.3) is 0 Å². The van der Waals surface area contributed by atoms with Crippen LogP contribution >= 0.6 is 27.5 Å². The van der Waals surface area contributed by atoms with E-state index >= 15 is 0 Å². The van der Waals surface area contributed by atoms with E-state index in [-0.39, 0.29) is 0 Å². The second-order valence-electron chi connectivity index (χ2n) is 3.96. The van der Waals surface area contributed by atoms with E-state index in [9.17, 15) is 9.90 Å². The Morgan fingerprint density at radius 3 is 2.47 bits per heavy atom. The molecule has 0 saturated heterocycles. The van der Waals surface area contributed by atoms with Gasteiger partial charge < -0.3 is 10.4 Å². The fourth-order valence-electron chi connectivity index (χ4n) is 1.68. The zero-order valence-electron chi connectivity index (χ0n) is 9.81. The van der Waals surface area contributed by atoms with Crippen molar-refractivity contribution in [3.8, 4) is 0 Å². The van der Waals surface area contributed by atoms with Crippen molar-refractivity contribution in [2.24, 2.45) is 0 Å². The molecule has 19 heavy (non-hydrogen) atoms. The van der Waals surface area contributed by atoms with E-state index in [0.717, 1.165) is 10.2 Å². The van der Waals surface area contributed by atoms with Crippen LogP contribution in [0, 0.1) is 0 Å². The monoisotopic (exact) mass is 339 g/mol. The first-order chi connectivity index (χ1) is 9.08. The summed E-state index contributed by atoms with van der Waals surface area (Å²) in [7, 11) is 0. The first-order valence-electron chi connectivity index (χ1n) is 5.57. The SMILES string of the molecule is O=C(O)C(Nc1ccccc1)c1ccc(Br)c(Cl)c1. The molecule has 0 radical (unpaired) electrons. The molecular formula is C14H11BrClNO2. The van der Waals surface area contributed by atoms with Gasteiger partial charge >= 0.3 is 5.97 Å². The van der Waals surface area contributed by atoms with E-state index in [1.54, 1.807) is 18.2 Å². The molecule has 0 amide bonds. The number of nitrogens with one attached hydrogen (secondary N) is 1. The van der Waals surface area contributed by atoms with Crippen LogP contribution in [0.3, 0.4) is 0 Å². The van der Waals surface area contributed by atoms with Gasteiger partial charge in [0, 0.05) is 10.2 Å². The van der Waals surface area contributed by atoms with Crippen LogP contribution in [0.15, 0.2) is 53.0 Å². The maximum atomic E-state index is 11.4. The normalized spacial score (nSPS) is 11.9. The summed E-state index contributed by atoms with van der Waals surface area (Å²) < 4.78 is 0.738. The lowest BCUT2D eigenvalue weighted by Crippen LogP contribution is -2.20. The zero-order chi connectivity index (χ0) is 13.8. The fourth-order valence-corrected chi connectivity index (χ4v) is 2.12. The minimum atomic E-state index is -0.956. The lowest BCUT2D eigenvalue weighted by atomic mass is 10.1. The number of anilines is 1. The molecule has 2 N–H and O–H groups in total. The molecule has 0 bridgehead atoms. The Morgan fingerprint density at radius 2 is 1.89 bits per heavy atom. The van der Waals surface area contributed by atoms with E-state index in [0.29, 0.717) is 10.6 Å². The van der Waals surface area contributed by atoms with Crippen LogP contribution in [-0.2, 0) is 4.79 Å². The number of halogens is 2. The van der Waals surface area contributed by atoms with Gasteiger partial charge in [-0.1, -0.05) is 35.9 Å². The lowest BCUT2D eigenvalue weighted by Gasteiger charge is -2.16. The number of aliphatic carboxylic acids is 1. The van der Waals surface area contributed by atoms with E-state index in [1.807, 2.05) is 30.3 Å². The van der Waals surface area contributed by atoms with E-state index in [4.69, 9.17) is 11.6 Å².